The van der Waals surface area contributed by atoms with Gasteiger partial charge in [0.2, 0.25) is 0 Å². The molecule has 0 spiro atoms. The number of fused-ring (bicyclic) bond motifs is 7. The lowest BCUT2D eigenvalue weighted by Gasteiger charge is -2.35. The monoisotopic (exact) mass is 875 g/mol. The number of furan rings is 1. The highest BCUT2D eigenvalue weighted by Crippen LogP contribution is 2.60. The molecule has 0 amide bonds. The van der Waals surface area contributed by atoms with Crippen molar-refractivity contribution in [3.8, 4) is 22.3 Å². The second kappa shape index (κ2) is 16.2. The zero-order valence-electron chi connectivity index (χ0n) is 43.7. The molecule has 13 rings (SSSR count). The normalized spacial score (nSPS) is 15.4. The van der Waals surface area contributed by atoms with Crippen molar-refractivity contribution < 1.29 is 14.0 Å². The molecule has 320 valence electrons. The molecule has 1 heterocycles. The van der Waals surface area contributed by atoms with Crippen molar-refractivity contribution in [3.63, 3.8) is 0 Å². The highest BCUT2D eigenvalue weighted by Gasteiger charge is 2.48. The van der Waals surface area contributed by atoms with Crippen molar-refractivity contribution in [2.45, 2.75) is 5.41 Å². The molecule has 1 aliphatic carbocycles. The van der Waals surface area contributed by atoms with Crippen LogP contribution in [0.2, 0.25) is 0 Å². The van der Waals surface area contributed by atoms with Gasteiger partial charge in [-0.1, -0.05) is 182 Å². The van der Waals surface area contributed by atoms with Gasteiger partial charge in [-0.2, -0.15) is 0 Å². The van der Waals surface area contributed by atoms with Gasteiger partial charge < -0.3 is 14.2 Å². The highest BCUT2D eigenvalue weighted by molar-refractivity contribution is 6.09. The predicted octanol–water partition coefficient (Wildman–Crippen LogP) is 17.7. The summed E-state index contributed by atoms with van der Waals surface area (Å²) in [4.78, 5) is 4.47. The van der Waals surface area contributed by atoms with E-state index in [9.17, 15) is 5.48 Å². The number of benzene rings is 11. The summed E-state index contributed by atoms with van der Waals surface area (Å²) in [6, 6.07) is 72.9. The van der Waals surface area contributed by atoms with Crippen LogP contribution in [0.25, 0.3) is 55.0 Å². The average molecular weight is 876 g/mol. The molecule has 0 bridgehead atoms. The smallest absolute Gasteiger partial charge is 0.135 e. The maximum absolute atomic E-state index is 10.4. The number of anilines is 6. The van der Waals surface area contributed by atoms with Crippen LogP contribution in [0.15, 0.2) is 271 Å². The Morgan fingerprint density at radius 2 is 0.926 bits per heavy atom. The minimum absolute atomic E-state index is 0.115. The van der Waals surface area contributed by atoms with Crippen molar-refractivity contribution in [1.82, 2.24) is 0 Å². The molecular formula is C65H44N2O. The molecule has 1 aromatic heterocycles. The Balaban J connectivity index is 1.20. The first-order valence-corrected chi connectivity index (χ1v) is 22.8. The lowest BCUT2D eigenvalue weighted by molar-refractivity contribution is 0.667. The fraction of sp³-hybridized carbons (Fsp3) is 0.0154. The third-order valence-electron chi connectivity index (χ3n) is 13.3. The molecule has 1 atom stereocenters. The first kappa shape index (κ1) is 32.7. The summed E-state index contributed by atoms with van der Waals surface area (Å²) in [5.41, 5.74) is 11.1. The summed E-state index contributed by atoms with van der Waals surface area (Å²) >= 11 is 0. The van der Waals surface area contributed by atoms with Crippen LogP contribution >= 0.6 is 0 Å². The third kappa shape index (κ3) is 6.28. The van der Waals surface area contributed by atoms with Crippen molar-refractivity contribution in [2.24, 2.45) is 0 Å². The molecule has 0 fully saturated rings. The van der Waals surface area contributed by atoms with E-state index in [1.54, 1.807) is 0 Å². The second-order valence-electron chi connectivity index (χ2n) is 17.0. The maximum Gasteiger partial charge on any atom is 0.135 e. The lowest BCUT2D eigenvalue weighted by atomic mass is 9.66. The first-order valence-electron chi connectivity index (χ1n) is 26.3. The summed E-state index contributed by atoms with van der Waals surface area (Å²) < 4.78 is 73.0. The molecule has 3 nitrogen and oxygen atoms in total. The summed E-state index contributed by atoms with van der Waals surface area (Å²) in [7, 11) is 0. The van der Waals surface area contributed by atoms with E-state index in [0.717, 1.165) is 78.3 Å². The largest absolute Gasteiger partial charge is 0.456 e. The Hall–Kier alpha value is -8.92. The Labute approximate surface area is 405 Å². The van der Waals surface area contributed by atoms with Gasteiger partial charge in [0, 0.05) is 44.8 Å². The number of rotatable bonds is 9. The number of hydrogen-bond donors (Lipinski definition) is 0. The van der Waals surface area contributed by atoms with E-state index >= 15 is 0 Å². The molecule has 3 heteroatoms. The molecule has 0 saturated carbocycles. The zero-order valence-corrected chi connectivity index (χ0v) is 36.7. The maximum atomic E-state index is 10.4. The van der Waals surface area contributed by atoms with Crippen molar-refractivity contribution in [3.05, 3.63) is 289 Å². The minimum Gasteiger partial charge on any atom is -0.456 e. The third-order valence-corrected chi connectivity index (χ3v) is 13.3. The van der Waals surface area contributed by atoms with Gasteiger partial charge in [0.25, 0.3) is 0 Å². The van der Waals surface area contributed by atoms with Crippen LogP contribution in [0.5, 0.6) is 0 Å². The van der Waals surface area contributed by atoms with E-state index in [0.29, 0.717) is 16.7 Å². The van der Waals surface area contributed by atoms with Gasteiger partial charge in [-0.15, -0.1) is 0 Å². The number of para-hydroxylation sites is 5. The van der Waals surface area contributed by atoms with Crippen LogP contribution < -0.4 is 9.80 Å². The van der Waals surface area contributed by atoms with E-state index in [2.05, 4.69) is 113 Å². The topological polar surface area (TPSA) is 19.6 Å². The van der Waals surface area contributed by atoms with Crippen LogP contribution in [0.3, 0.4) is 0 Å². The lowest BCUT2D eigenvalue weighted by Crippen LogP contribution is -2.29. The summed E-state index contributed by atoms with van der Waals surface area (Å²) in [6.07, 6.45) is 0. The SMILES string of the molecule is [2H]c1c([2H])c([2H])c2c([2H])c(C3(c4cccc5oc6ccccc6c45)c4ccc(N(c5ccccc5)c5ccccc5)cc4-c4cc(N(c5ccccc5)c5ccccc5-c5ccccc5)ccc43)c([2H])c([2H])c2c1[2H]. The van der Waals surface area contributed by atoms with Crippen LogP contribution in [-0.2, 0) is 5.41 Å². The molecule has 12 aromatic rings. The number of nitrogens with zero attached hydrogens (tertiary/aromatic N) is 2. The number of hydrogen-bond acceptors (Lipinski definition) is 3. The van der Waals surface area contributed by atoms with Gasteiger partial charge in [0.15, 0.2) is 0 Å². The van der Waals surface area contributed by atoms with Gasteiger partial charge in [0.05, 0.1) is 20.7 Å². The second-order valence-corrected chi connectivity index (χ2v) is 17.0. The molecule has 0 saturated heterocycles. The van der Waals surface area contributed by atoms with E-state index in [4.69, 9.17) is 8.53 Å². The molecule has 1 aliphatic rings. The van der Waals surface area contributed by atoms with E-state index in [1.807, 2.05) is 121 Å². The Morgan fingerprint density at radius 1 is 0.382 bits per heavy atom. The fourth-order valence-electron chi connectivity index (χ4n) is 10.5. The van der Waals surface area contributed by atoms with Crippen molar-refractivity contribution in [2.75, 3.05) is 9.80 Å². The molecular weight excluding hydrogens is 825 g/mol. The van der Waals surface area contributed by atoms with E-state index in [-0.39, 0.29) is 34.5 Å². The summed E-state index contributed by atoms with van der Waals surface area (Å²) in [5.74, 6) is 0. The molecule has 1 unspecified atom stereocenters. The van der Waals surface area contributed by atoms with E-state index in [1.165, 1.54) is 0 Å². The quantitative estimate of drug-likeness (QED) is 0.144. The Bertz CT molecular complexity index is 4190. The zero-order chi connectivity index (χ0) is 51.1. The van der Waals surface area contributed by atoms with E-state index < -0.39 is 29.6 Å². The summed E-state index contributed by atoms with van der Waals surface area (Å²) in [6.45, 7) is 0. The van der Waals surface area contributed by atoms with Crippen LogP contribution in [0, 0.1) is 0 Å². The van der Waals surface area contributed by atoms with Gasteiger partial charge in [-0.3, -0.25) is 0 Å². The predicted molar refractivity (Wildman–Crippen MR) is 283 cm³/mol. The van der Waals surface area contributed by atoms with Gasteiger partial charge in [0.1, 0.15) is 11.2 Å². The standard InChI is InChI=1S/C65H44N2O/c1-5-21-46(22-6-1)54-30-15-17-33-61(54)67(51-28-11-4-12-29-51)53-39-41-59-57(44-53)56-43-52(66(49-24-7-2-8-25-49)50-26-9-3-10-27-50)38-40-58(56)65(59,48-37-36-45-20-13-14-23-47(45)42-48)60-32-19-35-63-64(60)55-31-16-18-34-62(55)68-63/h1-44H/i13D,14D,20D,23D,36D,37D,42D. The fourth-order valence-corrected chi connectivity index (χ4v) is 10.5. The van der Waals surface area contributed by atoms with Gasteiger partial charge in [-0.25, -0.2) is 0 Å². The average Bonchev–Trinajstić information content (AvgIpc) is 3.98. The molecule has 0 aliphatic heterocycles. The molecule has 11 aromatic carbocycles. The Kier molecular flexibility index (Phi) is 7.79. The molecule has 68 heavy (non-hydrogen) atoms. The first-order chi connectivity index (χ1) is 36.7. The van der Waals surface area contributed by atoms with Crippen LogP contribution in [0.4, 0.5) is 34.1 Å². The van der Waals surface area contributed by atoms with Gasteiger partial charge >= 0.3 is 0 Å². The Morgan fingerprint density at radius 3 is 1.60 bits per heavy atom. The van der Waals surface area contributed by atoms with Crippen LogP contribution in [0.1, 0.15) is 31.8 Å². The minimum atomic E-state index is -1.55. The van der Waals surface area contributed by atoms with Gasteiger partial charge in [-0.05, 0) is 135 Å². The molecule has 0 N–H and O–H groups in total. The highest BCUT2D eigenvalue weighted by atomic mass is 16.3. The van der Waals surface area contributed by atoms with Crippen molar-refractivity contribution in [1.29, 1.82) is 0 Å². The van der Waals surface area contributed by atoms with Crippen molar-refractivity contribution >= 4 is 66.8 Å². The molecule has 0 radical (unpaired) electrons. The summed E-state index contributed by atoms with van der Waals surface area (Å²) in [5, 5.41) is 1.31. The van der Waals surface area contributed by atoms with Crippen LogP contribution in [-0.4, -0.2) is 0 Å².